The molecule has 91 heavy (non-hydrogen) atoms. The molecule has 8 heterocycles. The summed E-state index contributed by atoms with van der Waals surface area (Å²) in [5.41, 5.74) is 8.07. The fourth-order valence-electron chi connectivity index (χ4n) is 5.15. The number of hydrogen-bond acceptors (Lipinski definition) is 20. The topological polar surface area (TPSA) is 322 Å². The zero-order valence-electron chi connectivity index (χ0n) is 47.7. The summed E-state index contributed by atoms with van der Waals surface area (Å²) < 4.78 is 59.0. The Labute approximate surface area is 682 Å². The number of alkyl halides is 9. The van der Waals surface area contributed by atoms with Crippen LogP contribution in [0.4, 0.5) is 0 Å². The Morgan fingerprint density at radius 3 is 0.527 bits per heavy atom. The molecule has 0 amide bonds. The molecule has 17 nitrogen and oxygen atoms in total. The molecule has 512 valence electrons. The normalized spacial score (nSPS) is 14.3. The van der Waals surface area contributed by atoms with Crippen molar-refractivity contribution in [3.05, 3.63) is 136 Å². The maximum atomic E-state index is 7.50. The summed E-state index contributed by atoms with van der Waals surface area (Å²) in [6, 6.07) is 0. The van der Waals surface area contributed by atoms with E-state index in [1.54, 1.807) is 47.0 Å². The fraction of sp³-hybridized carbons (Fsp3) is 0.333. The summed E-state index contributed by atoms with van der Waals surface area (Å²) in [4.78, 5) is 4.74. The number of nitrogens with zero attached hydrogens (tertiary/aromatic N) is 8. The maximum absolute atomic E-state index is 7.50. The van der Waals surface area contributed by atoms with Gasteiger partial charge in [-0.15, -0.1) is 69.8 Å². The van der Waals surface area contributed by atoms with Gasteiger partial charge in [0.1, 0.15) is 0 Å². The zero-order valence-corrected chi connectivity index (χ0v) is 74.5. The van der Waals surface area contributed by atoms with Crippen LogP contribution in [-0.4, -0.2) is 74.7 Å². The van der Waals surface area contributed by atoms with E-state index in [9.17, 15) is 0 Å². The van der Waals surface area contributed by atoms with Crippen LogP contribution in [0.1, 0.15) is 45.6 Å². The molecule has 0 unspecified atom stereocenters. The molecule has 0 fully saturated rings. The Morgan fingerprint density at radius 1 is 0.308 bits per heavy atom. The van der Waals surface area contributed by atoms with Crippen LogP contribution in [0, 0.1) is 95.3 Å². The van der Waals surface area contributed by atoms with Gasteiger partial charge >= 0.3 is 67.8 Å². The Bertz CT molecular complexity index is 2570. The summed E-state index contributed by atoms with van der Waals surface area (Å²) in [6.07, 6.45) is 8.62. The smallest absolute Gasteiger partial charge is 0 e. The Kier molecular flexibility index (Phi) is 86.8. The van der Waals surface area contributed by atoms with Gasteiger partial charge in [0.25, 0.3) is 0 Å². The summed E-state index contributed by atoms with van der Waals surface area (Å²) in [5, 5.41) is 33.8. The van der Waals surface area contributed by atoms with E-state index in [-0.39, 0.29) is 82.1 Å². The minimum absolute atomic E-state index is 0. The van der Waals surface area contributed by atoms with Crippen molar-refractivity contribution in [3.8, 4) is 0 Å². The first-order valence-corrected chi connectivity index (χ1v) is 39.3. The molecule has 4 aromatic rings. The van der Waals surface area contributed by atoms with E-state index in [1.807, 2.05) is 197 Å². The van der Waals surface area contributed by atoms with Crippen LogP contribution < -0.4 is 45.2 Å². The molecule has 4 aromatic heterocycles. The van der Waals surface area contributed by atoms with Gasteiger partial charge in [-0.05, 0) is 52.7 Å². The van der Waals surface area contributed by atoms with Crippen molar-refractivity contribution in [2.45, 2.75) is 87.9 Å². The third-order valence-corrected chi connectivity index (χ3v) is 31.4. The zero-order chi connectivity index (χ0) is 65.6. The second kappa shape index (κ2) is 68.2. The Hall–Kier alpha value is 3.71. The molecule has 0 bridgehead atoms. The molecule has 0 saturated heterocycles. The van der Waals surface area contributed by atoms with Crippen molar-refractivity contribution in [2.75, 3.05) is 25.0 Å². The van der Waals surface area contributed by atoms with E-state index in [1.165, 1.54) is 70.4 Å². The molecule has 0 atom stereocenters. The molecule has 0 spiro atoms. The average Bonchev–Trinajstić information content (AvgIpc) is 4.37. The van der Waals surface area contributed by atoms with E-state index in [2.05, 4.69) is 106 Å². The molecule has 8 rings (SSSR count). The number of hydrogen-bond donors (Lipinski definition) is 0. The number of aromatic nitrogens is 8. The van der Waals surface area contributed by atoms with Crippen molar-refractivity contribution < 1.29 is 110 Å². The molecule has 0 saturated carbocycles. The molecular formula is C45H45Cl11N8O9Re2S16-6. The van der Waals surface area contributed by atoms with E-state index >= 15 is 0 Å². The van der Waals surface area contributed by atoms with Crippen molar-refractivity contribution in [2.24, 2.45) is 0 Å². The van der Waals surface area contributed by atoms with Gasteiger partial charge in [0.2, 0.25) is 0 Å². The minimum atomic E-state index is -0.750. The molecule has 2 radical (unpaired) electrons. The SMILES string of the molecule is CSC1=C(Sc2c(C)n[n-]c2C)S/C(=C2\SC(SC)=C(Sc3c(C)n[n-]c3C)S2)S1.CSC1=C(Sc2c(C)n[n-]c2C)S/C(=C2\SC(SC)=C(Sc3c(C)n[n-]c3C)S2)S1.ClC(Cl)Cl.ClC(Cl)Cl.ClC(Cl)Cl.O.O.O.[C-]#[O+].[C-]#[O+].[C-]#[O+].[C-]#[O+].[C-]#[O+].[C-]#[O+].[Cl-].[Cl-].[Re].[Re]. The summed E-state index contributed by atoms with van der Waals surface area (Å²) in [6.45, 7) is 43.3. The average molecular weight is 2120 g/mol. The molecule has 0 aromatic carbocycles. The maximum Gasteiger partial charge on any atom is 0 e. The fourth-order valence-corrected chi connectivity index (χ4v) is 27.0. The summed E-state index contributed by atoms with van der Waals surface area (Å²) in [7, 11) is 0. The van der Waals surface area contributed by atoms with E-state index in [4.69, 9.17) is 132 Å². The minimum Gasteiger partial charge on any atom is -1.00 e. The van der Waals surface area contributed by atoms with Gasteiger partial charge in [0, 0.05) is 83.2 Å². The molecular weight excluding hydrogens is 2070 g/mol. The van der Waals surface area contributed by atoms with Crippen molar-refractivity contribution in [3.63, 3.8) is 0 Å². The predicted molar refractivity (Wildman–Crippen MR) is 387 cm³/mol. The van der Waals surface area contributed by atoms with Crippen molar-refractivity contribution in [1.82, 2.24) is 40.8 Å². The van der Waals surface area contributed by atoms with Gasteiger partial charge in [0.15, 0.2) is 12.9 Å². The quantitative estimate of drug-likeness (QED) is 0.0722. The Balaban J connectivity index is -0.000000127. The second-order valence-corrected chi connectivity index (χ2v) is 37.6. The third kappa shape index (κ3) is 42.8. The van der Waals surface area contributed by atoms with E-state index < -0.39 is 12.9 Å². The standard InChI is InChI=1S/2C18H18N4S8.3CHCl3.6CO.2ClH.3H2O.2Re/c2*1-7-11(8(2)20-19-7)25-15-13(23-5)27-17(29-15)18-28-14(24-6)16(30-18)26-12-9(3)21-22-10(12)4;3*2-1(3)4;6*1-2;;;;;;;/h2*1-6H3;3*1H;;;;;;;2*1H;3*1H2;;/q2*-2;;;;;;;;;;;;;;;;/p-2/b2*18-17+;;;;;;;;;;;;;;;;. The molecule has 6 N–H and O–H groups in total. The van der Waals surface area contributed by atoms with Crippen LogP contribution in [0.15, 0.2) is 70.4 Å². The van der Waals surface area contributed by atoms with Gasteiger partial charge in [-0.1, -0.05) is 273 Å². The van der Waals surface area contributed by atoms with Gasteiger partial charge < -0.3 is 82.0 Å². The number of halogens is 11. The van der Waals surface area contributed by atoms with Gasteiger partial charge in [-0.3, -0.25) is 0 Å². The predicted octanol–water partition coefficient (Wildman–Crippen LogP) is 12.4. The second-order valence-electron chi connectivity index (χ2n) is 13.0. The van der Waals surface area contributed by atoms with Crippen molar-refractivity contribution in [1.29, 1.82) is 0 Å². The van der Waals surface area contributed by atoms with Gasteiger partial charge in [0.05, 0.1) is 50.8 Å². The van der Waals surface area contributed by atoms with E-state index in [0.29, 0.717) is 0 Å². The first-order valence-electron chi connectivity index (χ1n) is 20.6. The first kappa shape index (κ1) is 116. The largest absolute Gasteiger partial charge is 1.00 e. The number of rotatable bonds is 12. The molecule has 4 aliphatic heterocycles. The van der Waals surface area contributed by atoms with Crippen LogP contribution in [0.5, 0.6) is 0 Å². The van der Waals surface area contributed by atoms with E-state index in [0.717, 1.165) is 45.6 Å². The third-order valence-electron chi connectivity index (χ3n) is 8.03. The van der Waals surface area contributed by atoms with Crippen LogP contribution in [-0.2, 0) is 68.8 Å². The van der Waals surface area contributed by atoms with Crippen LogP contribution >= 0.6 is 293 Å². The number of thioether (sulfide) groups is 16. The monoisotopic (exact) mass is 2110 g/mol. The number of aryl methyl sites for hydroxylation is 8. The molecule has 0 aliphatic carbocycles. The van der Waals surface area contributed by atoms with Gasteiger partial charge in [-0.25, -0.2) is 0 Å². The van der Waals surface area contributed by atoms with Crippen LogP contribution in [0.25, 0.3) is 0 Å². The first-order chi connectivity index (χ1) is 40.0. The van der Waals surface area contributed by atoms with Crippen LogP contribution in [0.2, 0.25) is 0 Å². The summed E-state index contributed by atoms with van der Waals surface area (Å²) >= 11 is 72.8. The molecule has 46 heteroatoms. The van der Waals surface area contributed by atoms with Gasteiger partial charge in [-0.2, -0.15) is 0 Å². The van der Waals surface area contributed by atoms with Crippen molar-refractivity contribution >= 4 is 293 Å². The Morgan fingerprint density at radius 2 is 0.429 bits per heavy atom. The molecule has 4 aliphatic rings. The summed E-state index contributed by atoms with van der Waals surface area (Å²) in [5.74, 6) is 0. The van der Waals surface area contributed by atoms with Crippen LogP contribution in [0.3, 0.4) is 0 Å².